The molecular weight excluding hydrogens is 471 g/mol. The highest BCUT2D eigenvalue weighted by atomic mass is 32.1. The van der Waals surface area contributed by atoms with Crippen LogP contribution in [0.3, 0.4) is 0 Å². The number of carbonyl (C=O) groups excluding carboxylic acids is 2. The molecule has 0 spiro atoms. The topological polar surface area (TPSA) is 97.5 Å². The molecule has 35 heavy (non-hydrogen) atoms. The number of nitrogens with zero attached hydrogens (tertiary/aromatic N) is 2. The van der Waals surface area contributed by atoms with E-state index in [-0.39, 0.29) is 22.8 Å². The monoisotopic (exact) mass is 492 g/mol. The van der Waals surface area contributed by atoms with Crippen molar-refractivity contribution in [1.29, 1.82) is 0 Å². The van der Waals surface area contributed by atoms with Crippen LogP contribution in [0.1, 0.15) is 16.1 Å². The van der Waals surface area contributed by atoms with E-state index in [1.165, 1.54) is 40.6 Å². The van der Waals surface area contributed by atoms with E-state index in [0.29, 0.717) is 22.7 Å². The van der Waals surface area contributed by atoms with Crippen molar-refractivity contribution in [2.75, 3.05) is 17.9 Å². The molecule has 3 aromatic carbocycles. The molecule has 0 radical (unpaired) electrons. The Hall–Kier alpha value is -4.44. The van der Waals surface area contributed by atoms with Gasteiger partial charge in [0.15, 0.2) is 0 Å². The first-order valence-corrected chi connectivity index (χ1v) is 10.9. The molecule has 0 unspecified atom stereocenters. The largest absolute Gasteiger partial charge is 0.497 e. The molecule has 1 heterocycles. The summed E-state index contributed by atoms with van der Waals surface area (Å²) in [5.74, 6) is -1.14. The molecule has 0 aliphatic heterocycles. The van der Waals surface area contributed by atoms with Gasteiger partial charge in [0.1, 0.15) is 17.3 Å². The van der Waals surface area contributed by atoms with E-state index in [1.807, 2.05) is 0 Å². The van der Waals surface area contributed by atoms with Crippen LogP contribution < -0.4 is 15.5 Å². The number of aromatic hydroxyl groups is 1. The normalized spacial score (nSPS) is 10.6. The van der Waals surface area contributed by atoms with Crippen LogP contribution in [0.2, 0.25) is 0 Å². The quantitative estimate of drug-likeness (QED) is 0.332. The fraction of sp³-hybridized carbons (Fsp3) is 0.0800. The second-order valence-electron chi connectivity index (χ2n) is 7.46. The summed E-state index contributed by atoms with van der Waals surface area (Å²) in [5.41, 5.74) is 3.93. The van der Waals surface area contributed by atoms with Gasteiger partial charge in [-0.2, -0.15) is 0 Å². The third-order valence-electron chi connectivity index (χ3n) is 5.16. The smallest absolute Gasteiger partial charge is 0.270 e. The van der Waals surface area contributed by atoms with Gasteiger partial charge in [-0.1, -0.05) is 18.2 Å². The number of rotatable bonds is 7. The number of methoxy groups -OCH3 is 1. The van der Waals surface area contributed by atoms with E-state index in [0.717, 1.165) is 0 Å². The van der Waals surface area contributed by atoms with E-state index in [2.05, 4.69) is 10.7 Å². The molecule has 4 aromatic rings. The van der Waals surface area contributed by atoms with Gasteiger partial charge in [0.05, 0.1) is 19.2 Å². The lowest BCUT2D eigenvalue weighted by molar-refractivity contribution is -0.115. The minimum atomic E-state index is -0.491. The number of hydrogen-bond donors (Lipinski definition) is 3. The second-order valence-corrected chi connectivity index (χ2v) is 7.83. The van der Waals surface area contributed by atoms with Crippen LogP contribution in [0.15, 0.2) is 78.9 Å². The maximum Gasteiger partial charge on any atom is 0.270 e. The molecule has 3 N–H and O–H groups in total. The van der Waals surface area contributed by atoms with Crippen molar-refractivity contribution >= 4 is 29.7 Å². The number of amides is 2. The zero-order valence-corrected chi connectivity index (χ0v) is 19.4. The minimum Gasteiger partial charge on any atom is -0.497 e. The van der Waals surface area contributed by atoms with Crippen molar-refractivity contribution in [3.63, 3.8) is 0 Å². The van der Waals surface area contributed by atoms with E-state index >= 15 is 0 Å². The molecule has 8 nitrogen and oxygen atoms in total. The predicted octanol–water partition coefficient (Wildman–Crippen LogP) is 4.43. The fourth-order valence-electron chi connectivity index (χ4n) is 3.42. The SMILES string of the molecule is COc1ccc(NC(=O)Cc2c(O)n(-c3ccc(F)cc3)c(=S)n2NC(=O)c2ccccc2)cc1. The molecule has 10 heteroatoms. The Morgan fingerprint density at radius 2 is 1.66 bits per heavy atom. The zero-order valence-electron chi connectivity index (χ0n) is 18.6. The van der Waals surface area contributed by atoms with Crippen LogP contribution in [0.4, 0.5) is 10.1 Å². The summed E-state index contributed by atoms with van der Waals surface area (Å²) in [6.45, 7) is 0. The summed E-state index contributed by atoms with van der Waals surface area (Å²) >= 11 is 5.51. The molecule has 0 aliphatic carbocycles. The summed E-state index contributed by atoms with van der Waals surface area (Å²) in [6.07, 6.45) is -0.315. The number of carbonyl (C=O) groups is 2. The maximum absolute atomic E-state index is 13.5. The first kappa shape index (κ1) is 23.7. The van der Waals surface area contributed by atoms with Gasteiger partial charge in [-0.15, -0.1) is 0 Å². The third kappa shape index (κ3) is 5.22. The molecule has 1 aromatic heterocycles. The Morgan fingerprint density at radius 1 is 1.00 bits per heavy atom. The van der Waals surface area contributed by atoms with Gasteiger partial charge in [-0.05, 0) is 72.9 Å². The number of ether oxygens (including phenoxy) is 1. The summed E-state index contributed by atoms with van der Waals surface area (Å²) in [6, 6.07) is 20.4. The van der Waals surface area contributed by atoms with E-state index in [9.17, 15) is 19.1 Å². The molecule has 0 aliphatic rings. The van der Waals surface area contributed by atoms with Crippen LogP contribution in [-0.4, -0.2) is 33.3 Å². The lowest BCUT2D eigenvalue weighted by Gasteiger charge is -2.11. The van der Waals surface area contributed by atoms with Gasteiger partial charge in [0.25, 0.3) is 5.91 Å². The Balaban J connectivity index is 1.69. The Morgan fingerprint density at radius 3 is 2.29 bits per heavy atom. The molecule has 0 fully saturated rings. The highest BCUT2D eigenvalue weighted by Crippen LogP contribution is 2.26. The van der Waals surface area contributed by atoms with Crippen molar-refractivity contribution in [2.45, 2.75) is 6.42 Å². The van der Waals surface area contributed by atoms with Crippen molar-refractivity contribution < 1.29 is 23.8 Å². The molecule has 2 amide bonds. The number of nitrogens with one attached hydrogen (secondary N) is 2. The predicted molar refractivity (Wildman–Crippen MR) is 132 cm³/mol. The maximum atomic E-state index is 13.5. The van der Waals surface area contributed by atoms with Crippen LogP contribution >= 0.6 is 12.2 Å². The molecule has 0 bridgehead atoms. The number of aromatic nitrogens is 2. The number of imidazole rings is 1. The van der Waals surface area contributed by atoms with Crippen molar-refractivity contribution in [2.24, 2.45) is 0 Å². The molecule has 0 saturated carbocycles. The van der Waals surface area contributed by atoms with Crippen molar-refractivity contribution in [3.05, 3.63) is 101 Å². The molecule has 4 rings (SSSR count). The van der Waals surface area contributed by atoms with Gasteiger partial charge in [0.2, 0.25) is 16.6 Å². The third-order valence-corrected chi connectivity index (χ3v) is 5.52. The van der Waals surface area contributed by atoms with Gasteiger partial charge in [-0.3, -0.25) is 19.6 Å². The first-order valence-electron chi connectivity index (χ1n) is 10.5. The number of halogens is 1. The van der Waals surface area contributed by atoms with Gasteiger partial charge >= 0.3 is 0 Å². The lowest BCUT2D eigenvalue weighted by atomic mass is 10.2. The Bertz CT molecular complexity index is 1420. The van der Waals surface area contributed by atoms with E-state index in [4.69, 9.17) is 17.0 Å². The lowest BCUT2D eigenvalue weighted by Crippen LogP contribution is -2.26. The van der Waals surface area contributed by atoms with Gasteiger partial charge in [0, 0.05) is 11.3 Å². The highest BCUT2D eigenvalue weighted by molar-refractivity contribution is 7.71. The Kier molecular flexibility index (Phi) is 6.93. The highest BCUT2D eigenvalue weighted by Gasteiger charge is 2.23. The average molecular weight is 493 g/mol. The van der Waals surface area contributed by atoms with Gasteiger partial charge < -0.3 is 15.2 Å². The van der Waals surface area contributed by atoms with Gasteiger partial charge in [-0.25, -0.2) is 9.07 Å². The fourth-order valence-corrected chi connectivity index (χ4v) is 3.77. The summed E-state index contributed by atoms with van der Waals surface area (Å²) in [4.78, 5) is 25.7. The van der Waals surface area contributed by atoms with Crippen LogP contribution in [0.25, 0.3) is 5.69 Å². The Labute approximate surface area is 205 Å². The summed E-state index contributed by atoms with van der Waals surface area (Å²) in [5, 5.41) is 13.7. The molecular formula is C25H21FN4O4S. The number of benzene rings is 3. The molecule has 178 valence electrons. The number of hydrogen-bond acceptors (Lipinski definition) is 5. The van der Waals surface area contributed by atoms with Crippen molar-refractivity contribution in [1.82, 2.24) is 9.24 Å². The van der Waals surface area contributed by atoms with Crippen LogP contribution in [0, 0.1) is 10.6 Å². The van der Waals surface area contributed by atoms with Crippen LogP contribution in [0.5, 0.6) is 11.6 Å². The van der Waals surface area contributed by atoms with Crippen LogP contribution in [-0.2, 0) is 11.2 Å². The number of anilines is 1. The van der Waals surface area contributed by atoms with E-state index < -0.39 is 17.6 Å². The standard InChI is InChI=1S/C25H21FN4O4S/c1-34-20-13-9-18(10-14-20)27-22(31)15-21-24(33)29(19-11-7-17(26)8-12-19)25(35)30(21)28-23(32)16-5-3-2-4-6-16/h2-14,33H,15H2,1H3,(H,27,31)(H,28,32). The molecule has 0 atom stereocenters. The summed E-state index contributed by atoms with van der Waals surface area (Å²) < 4.78 is 21.0. The second kappa shape index (κ2) is 10.2. The minimum absolute atomic E-state index is 0.00867. The summed E-state index contributed by atoms with van der Waals surface area (Å²) in [7, 11) is 1.54. The van der Waals surface area contributed by atoms with Crippen molar-refractivity contribution in [3.8, 4) is 17.3 Å². The zero-order chi connectivity index (χ0) is 24.9. The van der Waals surface area contributed by atoms with E-state index in [1.54, 1.807) is 54.6 Å². The average Bonchev–Trinajstić information content (AvgIpc) is 3.09. The molecule has 0 saturated heterocycles. The first-order chi connectivity index (χ1) is 16.9.